The summed E-state index contributed by atoms with van der Waals surface area (Å²) in [7, 11) is 0. The highest BCUT2D eigenvalue weighted by Crippen LogP contribution is 2.23. The summed E-state index contributed by atoms with van der Waals surface area (Å²) in [5, 5.41) is 0. The van der Waals surface area contributed by atoms with E-state index in [0.717, 1.165) is 44.1 Å². The first-order chi connectivity index (χ1) is 13.2. The first-order valence-electron chi connectivity index (χ1n) is 10.0. The van der Waals surface area contributed by atoms with Crippen LogP contribution >= 0.6 is 0 Å². The van der Waals surface area contributed by atoms with Gasteiger partial charge in [0.2, 0.25) is 5.91 Å². The predicted molar refractivity (Wildman–Crippen MR) is 106 cm³/mol. The van der Waals surface area contributed by atoms with Crippen molar-refractivity contribution in [2.75, 3.05) is 44.2 Å². The van der Waals surface area contributed by atoms with Gasteiger partial charge in [-0.05, 0) is 52.5 Å². The number of carbonyl (C=O) groups is 2. The standard InChI is InChI=1S/C20H31N5O3/c1-15-21-8-5-17(22-15)23-9-6-16(7-10-23)13-24-11-12-25(14-18(24)26)19(27)28-20(2,3)4/h5,8,16H,6-7,9-14H2,1-4H3. The van der Waals surface area contributed by atoms with Crippen LogP contribution in [-0.4, -0.2) is 76.6 Å². The van der Waals surface area contributed by atoms with Gasteiger partial charge in [-0.25, -0.2) is 14.8 Å². The van der Waals surface area contributed by atoms with Crippen LogP contribution in [0.3, 0.4) is 0 Å². The van der Waals surface area contributed by atoms with E-state index in [1.807, 2.05) is 38.7 Å². The quantitative estimate of drug-likeness (QED) is 0.788. The maximum Gasteiger partial charge on any atom is 0.410 e. The summed E-state index contributed by atoms with van der Waals surface area (Å²) in [6.07, 6.45) is 3.45. The average Bonchev–Trinajstić information content (AvgIpc) is 2.62. The van der Waals surface area contributed by atoms with Gasteiger partial charge < -0.3 is 14.5 Å². The third-order valence-electron chi connectivity index (χ3n) is 5.15. The molecular formula is C20H31N5O3. The van der Waals surface area contributed by atoms with Gasteiger partial charge in [-0.2, -0.15) is 0 Å². The maximum atomic E-state index is 12.5. The zero-order valence-corrected chi connectivity index (χ0v) is 17.3. The molecule has 1 aromatic heterocycles. The summed E-state index contributed by atoms with van der Waals surface area (Å²) in [6, 6.07) is 1.95. The molecule has 3 rings (SSSR count). The van der Waals surface area contributed by atoms with E-state index in [4.69, 9.17) is 4.74 Å². The number of rotatable bonds is 3. The topological polar surface area (TPSA) is 78.9 Å². The minimum Gasteiger partial charge on any atom is -0.444 e. The number of aromatic nitrogens is 2. The minimum absolute atomic E-state index is 0.00552. The number of piperazine rings is 1. The van der Waals surface area contributed by atoms with E-state index in [1.54, 1.807) is 6.20 Å². The van der Waals surface area contributed by atoms with Crippen LogP contribution in [0, 0.1) is 12.8 Å². The largest absolute Gasteiger partial charge is 0.444 e. The summed E-state index contributed by atoms with van der Waals surface area (Å²) < 4.78 is 5.37. The average molecular weight is 390 g/mol. The van der Waals surface area contributed by atoms with Crippen molar-refractivity contribution >= 4 is 17.8 Å². The van der Waals surface area contributed by atoms with Gasteiger partial charge in [-0.15, -0.1) is 0 Å². The molecule has 8 nitrogen and oxygen atoms in total. The van der Waals surface area contributed by atoms with Crippen molar-refractivity contribution in [3.05, 3.63) is 18.1 Å². The minimum atomic E-state index is -0.548. The second kappa shape index (κ2) is 8.32. The van der Waals surface area contributed by atoms with E-state index >= 15 is 0 Å². The van der Waals surface area contributed by atoms with Crippen molar-refractivity contribution in [3.8, 4) is 0 Å². The highest BCUT2D eigenvalue weighted by molar-refractivity contribution is 5.83. The molecule has 154 valence electrons. The summed E-state index contributed by atoms with van der Waals surface area (Å²) >= 11 is 0. The Morgan fingerprint density at radius 3 is 2.54 bits per heavy atom. The molecule has 0 spiro atoms. The Bertz CT molecular complexity index is 710. The SMILES string of the molecule is Cc1nccc(N2CCC(CN3CCN(C(=O)OC(C)(C)C)CC3=O)CC2)n1. The van der Waals surface area contributed by atoms with Crippen molar-refractivity contribution in [1.29, 1.82) is 0 Å². The Kier molecular flexibility index (Phi) is 6.05. The monoisotopic (exact) mass is 389 g/mol. The molecule has 2 saturated heterocycles. The molecule has 0 aromatic carbocycles. The van der Waals surface area contributed by atoms with Crippen LogP contribution in [-0.2, 0) is 9.53 Å². The number of hydrogen-bond donors (Lipinski definition) is 0. The number of carbonyl (C=O) groups excluding carboxylic acids is 2. The van der Waals surface area contributed by atoms with Gasteiger partial charge in [-0.1, -0.05) is 0 Å². The molecular weight excluding hydrogens is 358 g/mol. The highest BCUT2D eigenvalue weighted by Gasteiger charge is 2.32. The molecule has 0 aliphatic carbocycles. The van der Waals surface area contributed by atoms with Gasteiger partial charge in [-0.3, -0.25) is 9.69 Å². The van der Waals surface area contributed by atoms with Gasteiger partial charge in [0.15, 0.2) is 0 Å². The molecule has 0 unspecified atom stereocenters. The molecule has 2 fully saturated rings. The Morgan fingerprint density at radius 2 is 1.93 bits per heavy atom. The number of aryl methyl sites for hydroxylation is 1. The molecule has 0 N–H and O–H groups in total. The van der Waals surface area contributed by atoms with E-state index in [-0.39, 0.29) is 12.5 Å². The molecule has 2 aliphatic heterocycles. The summed E-state index contributed by atoms with van der Waals surface area (Å²) in [6.45, 7) is 11.2. The normalized spacial score (nSPS) is 19.1. The number of anilines is 1. The third-order valence-corrected chi connectivity index (χ3v) is 5.15. The van der Waals surface area contributed by atoms with Gasteiger partial charge >= 0.3 is 6.09 Å². The molecule has 0 bridgehead atoms. The summed E-state index contributed by atoms with van der Waals surface area (Å²) in [5.74, 6) is 2.25. The van der Waals surface area contributed by atoms with E-state index in [1.165, 1.54) is 4.90 Å². The van der Waals surface area contributed by atoms with Crippen LogP contribution in [0.15, 0.2) is 12.3 Å². The molecule has 0 saturated carbocycles. The van der Waals surface area contributed by atoms with Crippen LogP contribution < -0.4 is 4.90 Å². The fourth-order valence-corrected chi connectivity index (χ4v) is 3.66. The van der Waals surface area contributed by atoms with Gasteiger partial charge in [0.25, 0.3) is 0 Å². The van der Waals surface area contributed by atoms with Crippen LogP contribution in [0.5, 0.6) is 0 Å². The molecule has 2 amide bonds. The van der Waals surface area contributed by atoms with Crippen molar-refractivity contribution in [1.82, 2.24) is 19.8 Å². The molecule has 8 heteroatoms. The lowest BCUT2D eigenvalue weighted by Crippen LogP contribution is -2.54. The lowest BCUT2D eigenvalue weighted by atomic mass is 9.96. The van der Waals surface area contributed by atoms with E-state index in [2.05, 4.69) is 14.9 Å². The number of hydrogen-bond acceptors (Lipinski definition) is 6. The fraction of sp³-hybridized carbons (Fsp3) is 0.700. The second-order valence-corrected chi connectivity index (χ2v) is 8.63. The van der Waals surface area contributed by atoms with Gasteiger partial charge in [0.05, 0.1) is 0 Å². The number of amides is 2. The lowest BCUT2D eigenvalue weighted by Gasteiger charge is -2.39. The van der Waals surface area contributed by atoms with E-state index in [9.17, 15) is 9.59 Å². The zero-order valence-electron chi connectivity index (χ0n) is 17.3. The van der Waals surface area contributed by atoms with Crippen LogP contribution in [0.2, 0.25) is 0 Å². The lowest BCUT2D eigenvalue weighted by molar-refractivity contribution is -0.136. The molecule has 2 aliphatic rings. The summed E-state index contributed by atoms with van der Waals surface area (Å²) in [5.41, 5.74) is -0.548. The Balaban J connectivity index is 1.46. The molecule has 0 atom stereocenters. The second-order valence-electron chi connectivity index (χ2n) is 8.63. The predicted octanol–water partition coefficient (Wildman–Crippen LogP) is 2.08. The first-order valence-corrected chi connectivity index (χ1v) is 10.0. The van der Waals surface area contributed by atoms with Crippen molar-refractivity contribution in [2.45, 2.75) is 46.1 Å². The number of nitrogens with zero attached hydrogens (tertiary/aromatic N) is 5. The number of piperidine rings is 1. The van der Waals surface area contributed by atoms with Crippen molar-refractivity contribution < 1.29 is 14.3 Å². The van der Waals surface area contributed by atoms with Gasteiger partial charge in [0.1, 0.15) is 23.8 Å². The van der Waals surface area contributed by atoms with Crippen LogP contribution in [0.4, 0.5) is 10.6 Å². The zero-order chi connectivity index (χ0) is 20.3. The van der Waals surface area contributed by atoms with Gasteiger partial charge in [0, 0.05) is 38.9 Å². The summed E-state index contributed by atoms with van der Waals surface area (Å²) in [4.78, 5) is 39.0. The fourth-order valence-electron chi connectivity index (χ4n) is 3.66. The highest BCUT2D eigenvalue weighted by atomic mass is 16.6. The maximum absolute atomic E-state index is 12.5. The van der Waals surface area contributed by atoms with Crippen molar-refractivity contribution in [2.24, 2.45) is 5.92 Å². The van der Waals surface area contributed by atoms with Crippen molar-refractivity contribution in [3.63, 3.8) is 0 Å². The first kappa shape index (κ1) is 20.4. The van der Waals surface area contributed by atoms with Crippen LogP contribution in [0.25, 0.3) is 0 Å². The Hall–Kier alpha value is -2.38. The third kappa shape index (κ3) is 5.33. The molecule has 3 heterocycles. The smallest absolute Gasteiger partial charge is 0.410 e. The molecule has 28 heavy (non-hydrogen) atoms. The number of ether oxygens (including phenoxy) is 1. The van der Waals surface area contributed by atoms with E-state index in [0.29, 0.717) is 19.0 Å². The molecule has 0 radical (unpaired) electrons. The Labute approximate surface area is 166 Å². The van der Waals surface area contributed by atoms with E-state index < -0.39 is 11.7 Å². The Morgan fingerprint density at radius 1 is 1.21 bits per heavy atom. The van der Waals surface area contributed by atoms with Crippen LogP contribution in [0.1, 0.15) is 39.4 Å². The molecule has 1 aromatic rings.